The van der Waals surface area contributed by atoms with E-state index in [1.54, 1.807) is 15.9 Å². The number of hydrogen-bond acceptors (Lipinski definition) is 4. The van der Waals surface area contributed by atoms with Gasteiger partial charge < -0.3 is 19.9 Å². The smallest absolute Gasteiger partial charge is 0.254 e. The minimum absolute atomic E-state index is 0.0613. The Morgan fingerprint density at radius 2 is 1.85 bits per heavy atom. The van der Waals surface area contributed by atoms with Crippen LogP contribution in [0.3, 0.4) is 0 Å². The highest BCUT2D eigenvalue weighted by molar-refractivity contribution is 5.96. The Labute approximate surface area is 157 Å². The van der Waals surface area contributed by atoms with Crippen molar-refractivity contribution in [1.29, 1.82) is 0 Å². The van der Waals surface area contributed by atoms with E-state index < -0.39 is 11.7 Å². The predicted octanol–water partition coefficient (Wildman–Crippen LogP) is 0.653. The summed E-state index contributed by atoms with van der Waals surface area (Å²) in [6, 6.07) is 5.62. The van der Waals surface area contributed by atoms with Gasteiger partial charge in [-0.2, -0.15) is 0 Å². The molecular weight excluding hydrogens is 353 g/mol. The van der Waals surface area contributed by atoms with Gasteiger partial charge in [0, 0.05) is 26.2 Å². The van der Waals surface area contributed by atoms with Crippen LogP contribution in [0.15, 0.2) is 24.3 Å². The highest BCUT2D eigenvalue weighted by atomic mass is 19.1. The SMILES string of the molecule is O=C(NCC(=O)N1CCC[C@H](C(=O)N2CCOCC2)C1)c1ccccc1F. The highest BCUT2D eigenvalue weighted by Gasteiger charge is 2.31. The molecule has 8 heteroatoms. The molecule has 0 spiro atoms. The zero-order chi connectivity index (χ0) is 19.2. The highest BCUT2D eigenvalue weighted by Crippen LogP contribution is 2.19. The van der Waals surface area contributed by atoms with Crippen molar-refractivity contribution in [2.45, 2.75) is 12.8 Å². The molecule has 27 heavy (non-hydrogen) atoms. The van der Waals surface area contributed by atoms with Gasteiger partial charge in [-0.1, -0.05) is 12.1 Å². The van der Waals surface area contributed by atoms with E-state index in [1.807, 2.05) is 0 Å². The molecule has 2 fully saturated rings. The third-order valence-electron chi connectivity index (χ3n) is 4.96. The van der Waals surface area contributed by atoms with Gasteiger partial charge in [0.25, 0.3) is 5.91 Å². The van der Waals surface area contributed by atoms with Crippen LogP contribution in [0.2, 0.25) is 0 Å². The average Bonchev–Trinajstić information content (AvgIpc) is 2.72. The number of hydrogen-bond donors (Lipinski definition) is 1. The molecule has 7 nitrogen and oxygen atoms in total. The Morgan fingerprint density at radius 3 is 2.59 bits per heavy atom. The van der Waals surface area contributed by atoms with E-state index in [9.17, 15) is 18.8 Å². The van der Waals surface area contributed by atoms with E-state index in [1.165, 1.54) is 18.2 Å². The fraction of sp³-hybridized carbons (Fsp3) is 0.526. The quantitative estimate of drug-likeness (QED) is 0.836. The number of amides is 3. The van der Waals surface area contributed by atoms with E-state index in [4.69, 9.17) is 4.74 Å². The normalized spacial score (nSPS) is 20.3. The van der Waals surface area contributed by atoms with E-state index >= 15 is 0 Å². The van der Waals surface area contributed by atoms with Gasteiger partial charge in [0.2, 0.25) is 11.8 Å². The maximum absolute atomic E-state index is 13.6. The number of likely N-dealkylation sites (tertiary alicyclic amines) is 1. The Bertz CT molecular complexity index is 706. The largest absolute Gasteiger partial charge is 0.378 e. The second kappa shape index (κ2) is 8.94. The molecule has 2 aliphatic rings. The zero-order valence-electron chi connectivity index (χ0n) is 15.2. The van der Waals surface area contributed by atoms with Crippen molar-refractivity contribution in [2.75, 3.05) is 45.9 Å². The summed E-state index contributed by atoms with van der Waals surface area (Å²) in [5.41, 5.74) is -0.0932. The van der Waals surface area contributed by atoms with Crippen molar-refractivity contribution in [2.24, 2.45) is 5.92 Å². The molecule has 3 rings (SSSR count). The number of halogens is 1. The molecule has 2 aliphatic heterocycles. The third-order valence-corrected chi connectivity index (χ3v) is 4.96. The molecule has 0 aliphatic carbocycles. The Hall–Kier alpha value is -2.48. The molecule has 1 atom stereocenters. The average molecular weight is 377 g/mol. The molecule has 0 aromatic heterocycles. The molecule has 1 aromatic rings. The van der Waals surface area contributed by atoms with Crippen LogP contribution in [-0.2, 0) is 14.3 Å². The molecule has 0 radical (unpaired) electrons. The lowest BCUT2D eigenvalue weighted by Crippen LogP contribution is -2.51. The molecule has 3 amide bonds. The minimum Gasteiger partial charge on any atom is -0.378 e. The van der Waals surface area contributed by atoms with Crippen molar-refractivity contribution in [3.05, 3.63) is 35.6 Å². The van der Waals surface area contributed by atoms with Gasteiger partial charge in [0.1, 0.15) is 5.82 Å². The lowest BCUT2D eigenvalue weighted by atomic mass is 9.96. The van der Waals surface area contributed by atoms with Crippen LogP contribution in [-0.4, -0.2) is 73.5 Å². The van der Waals surface area contributed by atoms with Crippen LogP contribution in [0.4, 0.5) is 4.39 Å². The summed E-state index contributed by atoms with van der Waals surface area (Å²) in [5.74, 6) is -1.68. The maximum atomic E-state index is 13.6. The molecule has 0 bridgehead atoms. The first kappa shape index (κ1) is 19.3. The van der Waals surface area contributed by atoms with Crippen LogP contribution in [0.5, 0.6) is 0 Å². The summed E-state index contributed by atoms with van der Waals surface area (Å²) in [6.07, 6.45) is 1.50. The Kier molecular flexibility index (Phi) is 6.39. The summed E-state index contributed by atoms with van der Waals surface area (Å²) < 4.78 is 18.9. The van der Waals surface area contributed by atoms with Crippen LogP contribution in [0.25, 0.3) is 0 Å². The minimum atomic E-state index is -0.628. The van der Waals surface area contributed by atoms with Crippen molar-refractivity contribution < 1.29 is 23.5 Å². The summed E-state index contributed by atoms with van der Waals surface area (Å²) in [4.78, 5) is 40.5. The topological polar surface area (TPSA) is 79.0 Å². The summed E-state index contributed by atoms with van der Waals surface area (Å²) >= 11 is 0. The molecular formula is C19H24FN3O4. The number of benzene rings is 1. The van der Waals surface area contributed by atoms with Crippen LogP contribution in [0, 0.1) is 11.7 Å². The fourth-order valence-electron chi connectivity index (χ4n) is 3.46. The predicted molar refractivity (Wildman–Crippen MR) is 95.4 cm³/mol. The fourth-order valence-corrected chi connectivity index (χ4v) is 3.46. The first-order chi connectivity index (χ1) is 13.1. The van der Waals surface area contributed by atoms with Crippen LogP contribution in [0.1, 0.15) is 23.2 Å². The van der Waals surface area contributed by atoms with Gasteiger partial charge in [-0.15, -0.1) is 0 Å². The summed E-state index contributed by atoms with van der Waals surface area (Å²) in [6.45, 7) is 2.95. The van der Waals surface area contributed by atoms with E-state index in [0.717, 1.165) is 12.8 Å². The third kappa shape index (κ3) is 4.82. The van der Waals surface area contributed by atoms with Crippen molar-refractivity contribution in [3.8, 4) is 0 Å². The second-order valence-corrected chi connectivity index (χ2v) is 6.78. The van der Waals surface area contributed by atoms with E-state index in [-0.39, 0.29) is 29.8 Å². The summed E-state index contributed by atoms with van der Waals surface area (Å²) in [5, 5.41) is 2.46. The number of morpholine rings is 1. The van der Waals surface area contributed by atoms with Gasteiger partial charge in [-0.05, 0) is 25.0 Å². The van der Waals surface area contributed by atoms with Gasteiger partial charge in [-0.25, -0.2) is 4.39 Å². The van der Waals surface area contributed by atoms with Crippen molar-refractivity contribution >= 4 is 17.7 Å². The molecule has 2 heterocycles. The number of nitrogens with one attached hydrogen (secondary N) is 1. The Balaban J connectivity index is 1.51. The Morgan fingerprint density at radius 1 is 1.11 bits per heavy atom. The van der Waals surface area contributed by atoms with E-state index in [0.29, 0.717) is 39.4 Å². The first-order valence-electron chi connectivity index (χ1n) is 9.23. The molecule has 0 saturated carbocycles. The lowest BCUT2D eigenvalue weighted by Gasteiger charge is -2.36. The van der Waals surface area contributed by atoms with Crippen LogP contribution >= 0.6 is 0 Å². The number of ether oxygens (including phenoxy) is 1. The number of piperidine rings is 1. The number of carbonyl (C=O) groups excluding carboxylic acids is 3. The van der Waals surface area contributed by atoms with Crippen molar-refractivity contribution in [3.63, 3.8) is 0 Å². The number of nitrogens with zero attached hydrogens (tertiary/aromatic N) is 2. The second-order valence-electron chi connectivity index (χ2n) is 6.78. The standard InChI is InChI=1S/C19H24FN3O4/c20-16-6-2-1-5-15(16)18(25)21-12-17(24)23-7-3-4-14(13-23)19(26)22-8-10-27-11-9-22/h1-2,5-6,14H,3-4,7-13H2,(H,21,25)/t14-/m0/s1. The van der Waals surface area contributed by atoms with Gasteiger partial charge in [-0.3, -0.25) is 14.4 Å². The zero-order valence-corrected chi connectivity index (χ0v) is 15.2. The van der Waals surface area contributed by atoms with E-state index in [2.05, 4.69) is 5.32 Å². The molecule has 1 N–H and O–H groups in total. The van der Waals surface area contributed by atoms with Crippen molar-refractivity contribution in [1.82, 2.24) is 15.1 Å². The van der Waals surface area contributed by atoms with Gasteiger partial charge in [0.05, 0.1) is 31.2 Å². The number of carbonyl (C=O) groups is 3. The molecule has 0 unspecified atom stereocenters. The molecule has 146 valence electrons. The maximum Gasteiger partial charge on any atom is 0.254 e. The summed E-state index contributed by atoms with van der Waals surface area (Å²) in [7, 11) is 0. The molecule has 2 saturated heterocycles. The monoisotopic (exact) mass is 377 g/mol. The first-order valence-corrected chi connectivity index (χ1v) is 9.23. The van der Waals surface area contributed by atoms with Gasteiger partial charge in [0.15, 0.2) is 0 Å². The lowest BCUT2D eigenvalue weighted by molar-refractivity contribution is -0.143. The van der Waals surface area contributed by atoms with Crippen LogP contribution < -0.4 is 5.32 Å². The number of rotatable bonds is 4. The van der Waals surface area contributed by atoms with Gasteiger partial charge >= 0.3 is 0 Å². The molecule has 1 aromatic carbocycles.